The zero-order valence-corrected chi connectivity index (χ0v) is 18.8. The standard InChI is InChI=1S/C25H25ClF3N3/c1-3-4-8-18(25(29)30-2)19-13-17(27)14-20(28)22(19)23-24(26)32-10-9-16(12-21(32)31-23)11-15-6-5-7-15/h8-14,25,30H,3-7H2,1-2H3/b18-8-. The predicted octanol–water partition coefficient (Wildman–Crippen LogP) is 7.20. The van der Waals surface area contributed by atoms with Crippen molar-refractivity contribution in [3.05, 3.63) is 70.0 Å². The zero-order valence-electron chi connectivity index (χ0n) is 18.1. The van der Waals surface area contributed by atoms with Gasteiger partial charge in [-0.1, -0.05) is 42.7 Å². The molecule has 0 amide bonds. The van der Waals surface area contributed by atoms with Crippen LogP contribution in [0.25, 0.3) is 28.6 Å². The van der Waals surface area contributed by atoms with Gasteiger partial charge in [0.25, 0.3) is 0 Å². The first-order chi connectivity index (χ1) is 15.4. The normalized spacial score (nSPS) is 15.2. The molecular weight excluding hydrogens is 435 g/mol. The Hall–Kier alpha value is -2.57. The topological polar surface area (TPSA) is 29.3 Å². The van der Waals surface area contributed by atoms with Crippen LogP contribution in [0.4, 0.5) is 13.2 Å². The van der Waals surface area contributed by atoms with Crippen LogP contribution < -0.4 is 5.32 Å². The molecule has 3 aromatic rings. The molecule has 0 saturated heterocycles. The summed E-state index contributed by atoms with van der Waals surface area (Å²) in [6.07, 6.45) is 8.69. The van der Waals surface area contributed by atoms with E-state index in [2.05, 4.69) is 16.4 Å². The molecule has 1 aliphatic rings. The fourth-order valence-electron chi connectivity index (χ4n) is 3.89. The number of alkyl halides is 1. The highest BCUT2D eigenvalue weighted by Gasteiger charge is 2.25. The largest absolute Gasteiger partial charge is 0.290 e. The number of halogens is 4. The number of hydrogen-bond donors (Lipinski definition) is 1. The van der Waals surface area contributed by atoms with E-state index < -0.39 is 17.9 Å². The summed E-state index contributed by atoms with van der Waals surface area (Å²) in [5.41, 5.74) is 3.30. The summed E-state index contributed by atoms with van der Waals surface area (Å²) in [6.45, 7) is 1.95. The highest BCUT2D eigenvalue weighted by atomic mass is 35.5. The first-order valence-corrected chi connectivity index (χ1v) is 11.2. The molecule has 4 rings (SSSR count). The molecule has 2 heterocycles. The second kappa shape index (κ2) is 9.51. The highest BCUT2D eigenvalue weighted by molar-refractivity contribution is 6.32. The lowest BCUT2D eigenvalue weighted by Gasteiger charge is -2.17. The number of pyridine rings is 1. The summed E-state index contributed by atoms with van der Waals surface area (Å²) in [7, 11) is 1.45. The molecule has 32 heavy (non-hydrogen) atoms. The minimum absolute atomic E-state index is 0.0146. The van der Waals surface area contributed by atoms with Gasteiger partial charge in [0, 0.05) is 23.4 Å². The number of aromatic nitrogens is 2. The van der Waals surface area contributed by atoms with E-state index in [4.69, 9.17) is 11.6 Å². The fraction of sp³-hybridized carbons (Fsp3) is 0.320. The van der Waals surface area contributed by atoms with E-state index in [1.54, 1.807) is 16.7 Å². The van der Waals surface area contributed by atoms with Crippen molar-refractivity contribution < 1.29 is 13.2 Å². The maximum atomic E-state index is 15.1. The third-order valence-corrected chi connectivity index (χ3v) is 6.10. The number of likely N-dealkylation sites (N-methyl/N-ethyl adjacent to an activating group) is 1. The minimum Gasteiger partial charge on any atom is -0.290 e. The Morgan fingerprint density at radius 1 is 1.28 bits per heavy atom. The third-order valence-electron chi connectivity index (χ3n) is 5.74. The first-order valence-electron chi connectivity index (χ1n) is 10.8. The summed E-state index contributed by atoms with van der Waals surface area (Å²) in [6, 6.07) is 5.70. The van der Waals surface area contributed by atoms with Gasteiger partial charge in [-0.25, -0.2) is 18.2 Å². The van der Waals surface area contributed by atoms with Gasteiger partial charge in [0.15, 0.2) is 6.30 Å². The van der Waals surface area contributed by atoms with E-state index in [0.717, 1.165) is 37.0 Å². The number of hydrogen-bond acceptors (Lipinski definition) is 2. The Balaban J connectivity index is 1.90. The Kier molecular flexibility index (Phi) is 6.72. The number of unbranched alkanes of at least 4 members (excludes halogenated alkanes) is 1. The average Bonchev–Trinajstić information content (AvgIpc) is 3.06. The van der Waals surface area contributed by atoms with Crippen molar-refractivity contribution in [1.82, 2.24) is 14.7 Å². The molecule has 168 valence electrons. The van der Waals surface area contributed by atoms with Crippen LogP contribution in [-0.2, 0) is 0 Å². The van der Waals surface area contributed by atoms with E-state index in [1.165, 1.54) is 19.0 Å². The SMILES string of the molecule is CCC/C=C(/c1cc(F)cc(F)c1-c1nc2cc(C=C3CCC3)ccn2c1Cl)C(F)NC. The van der Waals surface area contributed by atoms with Gasteiger partial charge in [-0.3, -0.25) is 9.72 Å². The van der Waals surface area contributed by atoms with Crippen LogP contribution in [0.3, 0.4) is 0 Å². The Labute approximate surface area is 190 Å². The van der Waals surface area contributed by atoms with Crippen molar-refractivity contribution in [2.45, 2.75) is 45.3 Å². The van der Waals surface area contributed by atoms with Gasteiger partial charge in [-0.15, -0.1) is 0 Å². The van der Waals surface area contributed by atoms with E-state index in [0.29, 0.717) is 12.1 Å². The summed E-state index contributed by atoms with van der Waals surface area (Å²) in [4.78, 5) is 4.56. The van der Waals surface area contributed by atoms with Crippen LogP contribution in [-0.4, -0.2) is 22.7 Å². The lowest BCUT2D eigenvalue weighted by atomic mass is 9.91. The van der Waals surface area contributed by atoms with Crippen LogP contribution in [0.5, 0.6) is 0 Å². The fourth-order valence-corrected chi connectivity index (χ4v) is 4.17. The van der Waals surface area contributed by atoms with Crippen LogP contribution in [0.15, 0.2) is 42.1 Å². The third kappa shape index (κ3) is 4.34. The Bertz CT molecular complexity index is 1210. The molecule has 1 saturated carbocycles. The second-order valence-corrected chi connectivity index (χ2v) is 8.36. The van der Waals surface area contributed by atoms with E-state index in [1.807, 2.05) is 19.1 Å². The van der Waals surface area contributed by atoms with Gasteiger partial charge < -0.3 is 0 Å². The van der Waals surface area contributed by atoms with Crippen molar-refractivity contribution in [2.24, 2.45) is 0 Å². The van der Waals surface area contributed by atoms with Gasteiger partial charge in [0.05, 0.1) is 0 Å². The van der Waals surface area contributed by atoms with Gasteiger partial charge in [0.2, 0.25) is 0 Å². The number of rotatable bonds is 7. The van der Waals surface area contributed by atoms with Crippen LogP contribution >= 0.6 is 11.6 Å². The average molecular weight is 460 g/mol. The molecule has 3 nitrogen and oxygen atoms in total. The molecule has 7 heteroatoms. The summed E-state index contributed by atoms with van der Waals surface area (Å²) in [5, 5.41) is 2.71. The van der Waals surface area contributed by atoms with E-state index >= 15 is 4.39 Å². The molecule has 1 N–H and O–H groups in total. The van der Waals surface area contributed by atoms with Gasteiger partial charge in [0.1, 0.15) is 28.1 Å². The number of nitrogens with zero attached hydrogens (tertiary/aromatic N) is 2. The number of allylic oxidation sites excluding steroid dienone is 2. The number of benzene rings is 1. The number of fused-ring (bicyclic) bond motifs is 1. The van der Waals surface area contributed by atoms with Gasteiger partial charge >= 0.3 is 0 Å². The van der Waals surface area contributed by atoms with Crippen molar-refractivity contribution >= 4 is 28.9 Å². The monoisotopic (exact) mass is 459 g/mol. The zero-order chi connectivity index (χ0) is 22.8. The van der Waals surface area contributed by atoms with Crippen LogP contribution in [0.1, 0.15) is 50.2 Å². The molecule has 2 aromatic heterocycles. The van der Waals surface area contributed by atoms with Crippen molar-refractivity contribution in [2.75, 3.05) is 7.05 Å². The van der Waals surface area contributed by atoms with Crippen molar-refractivity contribution in [3.63, 3.8) is 0 Å². The van der Waals surface area contributed by atoms with E-state index in [-0.39, 0.29) is 27.5 Å². The van der Waals surface area contributed by atoms with Crippen molar-refractivity contribution in [3.8, 4) is 11.3 Å². The quantitative estimate of drug-likeness (QED) is 0.378. The highest BCUT2D eigenvalue weighted by Crippen LogP contribution is 2.38. The molecule has 1 aromatic carbocycles. The maximum Gasteiger partial charge on any atom is 0.176 e. The summed E-state index contributed by atoms with van der Waals surface area (Å²) < 4.78 is 45.8. The molecule has 0 bridgehead atoms. The lowest BCUT2D eigenvalue weighted by molar-refractivity contribution is 0.366. The number of imidazole rings is 1. The van der Waals surface area contributed by atoms with Crippen molar-refractivity contribution in [1.29, 1.82) is 0 Å². The predicted molar refractivity (Wildman–Crippen MR) is 124 cm³/mol. The molecule has 0 aliphatic heterocycles. The molecular formula is C25H25ClF3N3. The minimum atomic E-state index is -1.60. The molecule has 0 radical (unpaired) electrons. The molecule has 1 atom stereocenters. The molecule has 1 aliphatic carbocycles. The maximum absolute atomic E-state index is 15.1. The summed E-state index contributed by atoms with van der Waals surface area (Å²) in [5.74, 6) is -1.63. The smallest absolute Gasteiger partial charge is 0.176 e. The molecule has 1 unspecified atom stereocenters. The molecule has 0 spiro atoms. The molecule has 1 fully saturated rings. The van der Waals surface area contributed by atoms with Crippen LogP contribution in [0, 0.1) is 11.6 Å². The summed E-state index contributed by atoms with van der Waals surface area (Å²) >= 11 is 6.59. The van der Waals surface area contributed by atoms with E-state index in [9.17, 15) is 8.78 Å². The first kappa shape index (κ1) is 22.6. The van der Waals surface area contributed by atoms with Gasteiger partial charge in [-0.05, 0) is 62.1 Å². The Morgan fingerprint density at radius 3 is 2.72 bits per heavy atom. The number of nitrogens with one attached hydrogen (secondary N) is 1. The van der Waals surface area contributed by atoms with Gasteiger partial charge in [-0.2, -0.15) is 0 Å². The van der Waals surface area contributed by atoms with Crippen LogP contribution in [0.2, 0.25) is 5.15 Å². The lowest BCUT2D eigenvalue weighted by Crippen LogP contribution is -2.22. The second-order valence-electron chi connectivity index (χ2n) is 8.01. The Morgan fingerprint density at radius 2 is 2.06 bits per heavy atom.